The van der Waals surface area contributed by atoms with Gasteiger partial charge in [-0.3, -0.25) is 9.78 Å². The number of amides is 1. The van der Waals surface area contributed by atoms with Gasteiger partial charge in [0.05, 0.1) is 5.52 Å². The van der Waals surface area contributed by atoms with Gasteiger partial charge in [0.15, 0.2) is 0 Å². The highest BCUT2D eigenvalue weighted by Crippen LogP contribution is 2.41. The molecule has 1 amide bonds. The van der Waals surface area contributed by atoms with Gasteiger partial charge < -0.3 is 14.5 Å². The molecule has 1 atom stereocenters. The highest BCUT2D eigenvalue weighted by atomic mass is 16.5. The third-order valence-electron chi connectivity index (χ3n) is 6.15. The Morgan fingerprint density at radius 3 is 2.96 bits per heavy atom. The Hall–Kier alpha value is -2.14. The van der Waals surface area contributed by atoms with E-state index in [2.05, 4.69) is 39.0 Å². The molecule has 2 aromatic rings. The van der Waals surface area contributed by atoms with E-state index in [9.17, 15) is 4.79 Å². The van der Waals surface area contributed by atoms with Crippen LogP contribution in [0.2, 0.25) is 0 Å². The van der Waals surface area contributed by atoms with Crippen LogP contribution < -0.4 is 4.90 Å². The number of aromatic nitrogens is 1. The molecular weight excluding hydrogens is 338 g/mol. The minimum atomic E-state index is 0.212. The number of piperidine rings is 2. The van der Waals surface area contributed by atoms with Crippen LogP contribution in [0.15, 0.2) is 36.5 Å². The van der Waals surface area contributed by atoms with Gasteiger partial charge in [0.25, 0.3) is 0 Å². The summed E-state index contributed by atoms with van der Waals surface area (Å²) in [5, 5.41) is 1.22. The monoisotopic (exact) mass is 367 g/mol. The van der Waals surface area contributed by atoms with E-state index in [1.807, 2.05) is 12.3 Å². The number of anilines is 1. The molecule has 0 unspecified atom stereocenters. The second-order valence-electron chi connectivity index (χ2n) is 8.03. The Kier molecular flexibility index (Phi) is 5.30. The summed E-state index contributed by atoms with van der Waals surface area (Å²) in [7, 11) is 1.72. The number of pyridine rings is 1. The Morgan fingerprint density at radius 1 is 1.19 bits per heavy atom. The molecule has 27 heavy (non-hydrogen) atoms. The molecule has 2 fully saturated rings. The summed E-state index contributed by atoms with van der Waals surface area (Å²) in [6.45, 7) is 4.51. The number of carbonyl (C=O) groups excluding carboxylic acids is 1. The minimum absolute atomic E-state index is 0.212. The van der Waals surface area contributed by atoms with Crippen molar-refractivity contribution >= 4 is 22.5 Å². The van der Waals surface area contributed by atoms with E-state index < -0.39 is 0 Å². The number of fused-ring (bicyclic) bond motifs is 1. The second kappa shape index (κ2) is 7.85. The average Bonchev–Trinajstić information content (AvgIpc) is 2.71. The molecule has 5 heteroatoms. The number of para-hydroxylation sites is 1. The Labute approximate surface area is 161 Å². The van der Waals surface area contributed by atoms with Crippen molar-refractivity contribution in [2.24, 2.45) is 5.41 Å². The molecule has 1 aromatic heterocycles. The maximum atomic E-state index is 12.4. The van der Waals surface area contributed by atoms with Crippen LogP contribution in [0, 0.1) is 5.41 Å². The minimum Gasteiger partial charge on any atom is -0.385 e. The van der Waals surface area contributed by atoms with Crippen molar-refractivity contribution in [2.75, 3.05) is 44.8 Å². The topological polar surface area (TPSA) is 45.7 Å². The van der Waals surface area contributed by atoms with Crippen LogP contribution in [-0.4, -0.2) is 55.7 Å². The largest absolute Gasteiger partial charge is 0.385 e. The van der Waals surface area contributed by atoms with E-state index in [0.717, 1.165) is 44.5 Å². The second-order valence-corrected chi connectivity index (χ2v) is 8.03. The van der Waals surface area contributed by atoms with Crippen LogP contribution in [-0.2, 0) is 9.53 Å². The summed E-state index contributed by atoms with van der Waals surface area (Å²) in [5.74, 6) is 0.309. The fourth-order valence-corrected chi connectivity index (χ4v) is 4.81. The molecule has 2 saturated heterocycles. The average molecular weight is 367 g/mol. The number of rotatable bonds is 5. The molecule has 1 spiro atoms. The normalized spacial score (nSPS) is 23.4. The number of methoxy groups -OCH3 is 1. The molecule has 3 heterocycles. The van der Waals surface area contributed by atoms with Crippen LogP contribution >= 0.6 is 0 Å². The maximum Gasteiger partial charge on any atom is 0.222 e. The number of ether oxygens (including phenoxy) is 1. The van der Waals surface area contributed by atoms with Crippen molar-refractivity contribution in [1.29, 1.82) is 0 Å². The molecule has 1 aromatic carbocycles. The van der Waals surface area contributed by atoms with Gasteiger partial charge >= 0.3 is 0 Å². The standard InChI is InChI=1S/C22H29N3O2/c1-27-15-5-14-25-17-22(11-8-21(25)26)10-4-13-24(16-22)20-9-12-23-19-7-3-2-6-18(19)20/h2-3,6-7,9,12H,4-5,8,10-11,13-17H2,1H3/t22-/m1/s1. The van der Waals surface area contributed by atoms with E-state index in [1.165, 1.54) is 23.9 Å². The van der Waals surface area contributed by atoms with Gasteiger partial charge in [-0.2, -0.15) is 0 Å². The molecular formula is C22H29N3O2. The van der Waals surface area contributed by atoms with Gasteiger partial charge in [0, 0.05) is 69.0 Å². The van der Waals surface area contributed by atoms with Crippen LogP contribution in [0.4, 0.5) is 5.69 Å². The zero-order chi connectivity index (χ0) is 18.7. The summed E-state index contributed by atoms with van der Waals surface area (Å²) >= 11 is 0. The number of benzene rings is 1. The first-order valence-electron chi connectivity index (χ1n) is 10.1. The van der Waals surface area contributed by atoms with E-state index in [4.69, 9.17) is 4.74 Å². The van der Waals surface area contributed by atoms with Crippen molar-refractivity contribution in [3.63, 3.8) is 0 Å². The van der Waals surface area contributed by atoms with Gasteiger partial charge in [0.1, 0.15) is 0 Å². The highest BCUT2D eigenvalue weighted by Gasteiger charge is 2.41. The fraction of sp³-hybridized carbons (Fsp3) is 0.545. The quantitative estimate of drug-likeness (QED) is 0.759. The van der Waals surface area contributed by atoms with Crippen molar-refractivity contribution < 1.29 is 9.53 Å². The lowest BCUT2D eigenvalue weighted by Gasteiger charge is -2.49. The molecule has 0 bridgehead atoms. The van der Waals surface area contributed by atoms with Gasteiger partial charge in [0.2, 0.25) is 5.91 Å². The molecule has 144 valence electrons. The summed E-state index contributed by atoms with van der Waals surface area (Å²) in [6.07, 6.45) is 6.90. The summed E-state index contributed by atoms with van der Waals surface area (Å²) in [6, 6.07) is 10.5. The van der Waals surface area contributed by atoms with E-state index in [-0.39, 0.29) is 5.41 Å². The summed E-state index contributed by atoms with van der Waals surface area (Å²) in [4.78, 5) is 21.5. The van der Waals surface area contributed by atoms with Crippen molar-refractivity contribution in [3.05, 3.63) is 36.5 Å². The van der Waals surface area contributed by atoms with E-state index in [0.29, 0.717) is 18.9 Å². The van der Waals surface area contributed by atoms with Crippen LogP contribution in [0.3, 0.4) is 0 Å². The van der Waals surface area contributed by atoms with Gasteiger partial charge in [-0.15, -0.1) is 0 Å². The highest BCUT2D eigenvalue weighted by molar-refractivity contribution is 5.91. The molecule has 2 aliphatic heterocycles. The molecule has 5 nitrogen and oxygen atoms in total. The molecule has 0 radical (unpaired) electrons. The lowest BCUT2D eigenvalue weighted by atomic mass is 9.73. The van der Waals surface area contributed by atoms with Crippen LogP contribution in [0.25, 0.3) is 10.9 Å². The predicted molar refractivity (Wildman–Crippen MR) is 108 cm³/mol. The van der Waals surface area contributed by atoms with Gasteiger partial charge in [-0.25, -0.2) is 0 Å². The molecule has 0 N–H and O–H groups in total. The van der Waals surface area contributed by atoms with Gasteiger partial charge in [-0.1, -0.05) is 18.2 Å². The molecule has 2 aliphatic rings. The summed E-state index contributed by atoms with van der Waals surface area (Å²) < 4.78 is 5.17. The number of carbonyl (C=O) groups is 1. The zero-order valence-electron chi connectivity index (χ0n) is 16.2. The smallest absolute Gasteiger partial charge is 0.222 e. The summed E-state index contributed by atoms with van der Waals surface area (Å²) in [5.41, 5.74) is 2.54. The molecule has 4 rings (SSSR count). The van der Waals surface area contributed by atoms with Gasteiger partial charge in [-0.05, 0) is 37.8 Å². The first kappa shape index (κ1) is 18.2. The number of nitrogens with zero attached hydrogens (tertiary/aromatic N) is 3. The van der Waals surface area contributed by atoms with E-state index >= 15 is 0 Å². The zero-order valence-corrected chi connectivity index (χ0v) is 16.2. The third-order valence-corrected chi connectivity index (χ3v) is 6.15. The maximum absolute atomic E-state index is 12.4. The predicted octanol–water partition coefficient (Wildman–Crippen LogP) is 3.48. The van der Waals surface area contributed by atoms with Crippen molar-refractivity contribution in [3.8, 4) is 0 Å². The van der Waals surface area contributed by atoms with Crippen molar-refractivity contribution in [1.82, 2.24) is 9.88 Å². The first-order chi connectivity index (χ1) is 13.2. The first-order valence-corrected chi connectivity index (χ1v) is 10.1. The Morgan fingerprint density at radius 2 is 2.07 bits per heavy atom. The lowest BCUT2D eigenvalue weighted by molar-refractivity contribution is -0.138. The number of hydrogen-bond acceptors (Lipinski definition) is 4. The van der Waals surface area contributed by atoms with Crippen LogP contribution in [0.1, 0.15) is 32.1 Å². The molecule has 0 saturated carbocycles. The van der Waals surface area contributed by atoms with Crippen LogP contribution in [0.5, 0.6) is 0 Å². The third kappa shape index (κ3) is 3.79. The number of likely N-dealkylation sites (tertiary alicyclic amines) is 1. The Bertz CT molecular complexity index is 804. The number of hydrogen-bond donors (Lipinski definition) is 0. The Balaban J connectivity index is 1.54. The van der Waals surface area contributed by atoms with Crippen molar-refractivity contribution in [2.45, 2.75) is 32.1 Å². The fourth-order valence-electron chi connectivity index (χ4n) is 4.81. The SMILES string of the molecule is COCCCN1C[C@]2(CCCN(c3ccnc4ccccc34)C2)CCC1=O. The molecule has 0 aliphatic carbocycles. The van der Waals surface area contributed by atoms with E-state index in [1.54, 1.807) is 7.11 Å². The lowest BCUT2D eigenvalue weighted by Crippen LogP contribution is -2.54.